The SMILES string of the molecule is CC(C)(CO)CC(=O)c1cc(-c2ccc(Cl)cc2)cc(-n2nnnc2C2CC2)c1. The van der Waals surface area contributed by atoms with Crippen molar-refractivity contribution in [3.8, 4) is 16.8 Å². The lowest BCUT2D eigenvalue weighted by molar-refractivity contribution is 0.0858. The van der Waals surface area contributed by atoms with E-state index in [4.69, 9.17) is 11.6 Å². The van der Waals surface area contributed by atoms with Crippen LogP contribution in [0.4, 0.5) is 0 Å². The Hall–Kier alpha value is -2.57. The molecular formula is C22H23ClN4O2. The first kappa shape index (κ1) is 19.7. The van der Waals surface area contributed by atoms with E-state index in [2.05, 4.69) is 15.5 Å². The fourth-order valence-corrected chi connectivity index (χ4v) is 3.40. The summed E-state index contributed by atoms with van der Waals surface area (Å²) in [7, 11) is 0. The third-order valence-electron chi connectivity index (χ3n) is 5.17. The maximum Gasteiger partial charge on any atom is 0.163 e. The lowest BCUT2D eigenvalue weighted by Gasteiger charge is -2.20. The molecule has 1 N–H and O–H groups in total. The highest BCUT2D eigenvalue weighted by Crippen LogP contribution is 2.39. The first-order valence-corrected chi connectivity index (χ1v) is 10.1. The molecule has 6 nitrogen and oxygen atoms in total. The normalized spacial score (nSPS) is 14.2. The number of ketones is 1. The average Bonchev–Trinajstić information content (AvgIpc) is 3.44. The van der Waals surface area contributed by atoms with Gasteiger partial charge in [0.15, 0.2) is 11.6 Å². The molecule has 3 aromatic rings. The van der Waals surface area contributed by atoms with Crippen molar-refractivity contribution >= 4 is 17.4 Å². The first-order valence-electron chi connectivity index (χ1n) is 9.70. The number of aliphatic hydroxyl groups is 1. The highest BCUT2D eigenvalue weighted by atomic mass is 35.5. The number of hydrogen-bond acceptors (Lipinski definition) is 5. The lowest BCUT2D eigenvalue weighted by Crippen LogP contribution is -2.21. The summed E-state index contributed by atoms with van der Waals surface area (Å²) in [4.78, 5) is 13.0. The van der Waals surface area contributed by atoms with E-state index in [1.54, 1.807) is 4.68 Å². The van der Waals surface area contributed by atoms with E-state index in [9.17, 15) is 9.90 Å². The van der Waals surface area contributed by atoms with Gasteiger partial charge in [0.1, 0.15) is 0 Å². The fraction of sp³-hybridized carbons (Fsp3) is 0.364. The average molecular weight is 411 g/mol. The minimum absolute atomic E-state index is 0.0258. The van der Waals surface area contributed by atoms with Gasteiger partial charge in [0.05, 0.1) is 5.69 Å². The van der Waals surface area contributed by atoms with E-state index in [1.165, 1.54) is 0 Å². The van der Waals surface area contributed by atoms with Crippen molar-refractivity contribution in [2.24, 2.45) is 5.41 Å². The fourth-order valence-electron chi connectivity index (χ4n) is 3.27. The van der Waals surface area contributed by atoms with Crippen LogP contribution in [-0.2, 0) is 0 Å². The highest BCUT2D eigenvalue weighted by Gasteiger charge is 2.30. The molecule has 150 valence electrons. The van der Waals surface area contributed by atoms with Crippen LogP contribution in [0.1, 0.15) is 55.2 Å². The van der Waals surface area contributed by atoms with Crippen molar-refractivity contribution in [3.05, 3.63) is 58.9 Å². The Morgan fingerprint density at radius 1 is 1.17 bits per heavy atom. The molecule has 1 heterocycles. The molecule has 0 radical (unpaired) electrons. The number of benzene rings is 2. The van der Waals surface area contributed by atoms with E-state index in [0.29, 0.717) is 16.5 Å². The van der Waals surface area contributed by atoms with Gasteiger partial charge >= 0.3 is 0 Å². The summed E-state index contributed by atoms with van der Waals surface area (Å²) >= 11 is 6.04. The molecule has 1 saturated carbocycles. The van der Waals surface area contributed by atoms with Crippen molar-refractivity contribution in [2.75, 3.05) is 6.61 Å². The maximum atomic E-state index is 13.0. The Labute approximate surface area is 174 Å². The Morgan fingerprint density at radius 2 is 1.90 bits per heavy atom. The number of carbonyl (C=O) groups excluding carboxylic acids is 1. The number of aromatic nitrogens is 4. The summed E-state index contributed by atoms with van der Waals surface area (Å²) in [5, 5.41) is 22.4. The summed E-state index contributed by atoms with van der Waals surface area (Å²) in [6, 6.07) is 13.2. The van der Waals surface area contributed by atoms with Crippen LogP contribution in [0, 0.1) is 5.41 Å². The largest absolute Gasteiger partial charge is 0.396 e. The quantitative estimate of drug-likeness (QED) is 0.582. The molecule has 0 atom stereocenters. The van der Waals surface area contributed by atoms with Gasteiger partial charge in [-0.05, 0) is 70.1 Å². The summed E-state index contributed by atoms with van der Waals surface area (Å²) in [6.45, 7) is 3.70. The smallest absolute Gasteiger partial charge is 0.163 e. The van der Waals surface area contributed by atoms with Crippen molar-refractivity contribution < 1.29 is 9.90 Å². The second-order valence-corrected chi connectivity index (χ2v) is 8.86. The van der Waals surface area contributed by atoms with Crippen molar-refractivity contribution in [1.82, 2.24) is 20.2 Å². The van der Waals surface area contributed by atoms with E-state index in [0.717, 1.165) is 35.5 Å². The zero-order chi connectivity index (χ0) is 20.6. The molecule has 2 aromatic carbocycles. The topological polar surface area (TPSA) is 80.9 Å². The van der Waals surface area contributed by atoms with E-state index in [-0.39, 0.29) is 18.8 Å². The summed E-state index contributed by atoms with van der Waals surface area (Å²) in [6.07, 6.45) is 2.40. The van der Waals surface area contributed by atoms with E-state index < -0.39 is 5.41 Å². The molecule has 29 heavy (non-hydrogen) atoms. The molecule has 1 fully saturated rings. The Kier molecular flexibility index (Phi) is 5.23. The van der Waals surface area contributed by atoms with Crippen LogP contribution in [0.2, 0.25) is 5.02 Å². The predicted molar refractivity (Wildman–Crippen MR) is 111 cm³/mol. The molecule has 0 saturated heterocycles. The second-order valence-electron chi connectivity index (χ2n) is 8.42. The summed E-state index contributed by atoms with van der Waals surface area (Å²) in [5.74, 6) is 1.17. The van der Waals surface area contributed by atoms with Crippen LogP contribution in [0.15, 0.2) is 42.5 Å². The minimum atomic E-state index is -0.485. The van der Waals surface area contributed by atoms with Crippen LogP contribution < -0.4 is 0 Å². The van der Waals surface area contributed by atoms with Crippen LogP contribution in [-0.4, -0.2) is 37.7 Å². The van der Waals surface area contributed by atoms with E-state index >= 15 is 0 Å². The standard InChI is InChI=1S/C22H23ClN4O2/c1-22(2,13-28)12-20(29)17-9-16(14-5-7-18(23)8-6-14)10-19(11-17)27-21(15-3-4-15)24-25-26-27/h5-11,15,28H,3-4,12-13H2,1-2H3. The number of nitrogens with zero attached hydrogens (tertiary/aromatic N) is 4. The molecule has 1 aromatic heterocycles. The molecular weight excluding hydrogens is 388 g/mol. The third kappa shape index (κ3) is 4.38. The van der Waals surface area contributed by atoms with Crippen molar-refractivity contribution in [3.63, 3.8) is 0 Å². The number of aliphatic hydroxyl groups excluding tert-OH is 1. The number of rotatable bonds is 7. The third-order valence-corrected chi connectivity index (χ3v) is 5.42. The lowest BCUT2D eigenvalue weighted by atomic mass is 9.86. The number of tetrazole rings is 1. The Bertz CT molecular complexity index is 1040. The molecule has 0 unspecified atom stereocenters. The van der Waals surface area contributed by atoms with Gasteiger partial charge in [-0.1, -0.05) is 37.6 Å². The Balaban J connectivity index is 1.80. The van der Waals surface area contributed by atoms with Crippen LogP contribution in [0.3, 0.4) is 0 Å². The van der Waals surface area contributed by atoms with Gasteiger partial charge in [0, 0.05) is 29.5 Å². The maximum absolute atomic E-state index is 13.0. The Morgan fingerprint density at radius 3 is 2.55 bits per heavy atom. The van der Waals surface area contributed by atoms with Crippen LogP contribution in [0.5, 0.6) is 0 Å². The molecule has 0 spiro atoms. The van der Waals surface area contributed by atoms with Gasteiger partial charge in [-0.25, -0.2) is 0 Å². The zero-order valence-corrected chi connectivity index (χ0v) is 17.2. The summed E-state index contributed by atoms with van der Waals surface area (Å²) in [5.41, 5.74) is 2.69. The molecule has 1 aliphatic rings. The minimum Gasteiger partial charge on any atom is -0.396 e. The van der Waals surface area contributed by atoms with Gasteiger partial charge < -0.3 is 5.11 Å². The second kappa shape index (κ2) is 7.69. The van der Waals surface area contributed by atoms with Gasteiger partial charge in [-0.3, -0.25) is 4.79 Å². The molecule has 7 heteroatoms. The number of hydrogen-bond donors (Lipinski definition) is 1. The van der Waals surface area contributed by atoms with Crippen LogP contribution >= 0.6 is 11.6 Å². The first-order chi connectivity index (χ1) is 13.9. The van der Waals surface area contributed by atoms with Crippen LogP contribution in [0.25, 0.3) is 16.8 Å². The predicted octanol–water partition coefficient (Wildman–Crippen LogP) is 4.45. The number of halogens is 1. The van der Waals surface area contributed by atoms with Gasteiger partial charge in [0.2, 0.25) is 0 Å². The van der Waals surface area contributed by atoms with Crippen molar-refractivity contribution in [1.29, 1.82) is 0 Å². The molecule has 0 aliphatic heterocycles. The summed E-state index contributed by atoms with van der Waals surface area (Å²) < 4.78 is 1.73. The number of carbonyl (C=O) groups is 1. The van der Waals surface area contributed by atoms with Crippen molar-refractivity contribution in [2.45, 2.75) is 39.0 Å². The van der Waals surface area contributed by atoms with Gasteiger partial charge in [0.25, 0.3) is 0 Å². The molecule has 0 bridgehead atoms. The molecule has 4 rings (SSSR count). The highest BCUT2D eigenvalue weighted by molar-refractivity contribution is 6.30. The van der Waals surface area contributed by atoms with E-state index in [1.807, 2.05) is 56.3 Å². The molecule has 1 aliphatic carbocycles. The molecule has 0 amide bonds. The zero-order valence-electron chi connectivity index (χ0n) is 16.5. The van der Waals surface area contributed by atoms with Gasteiger partial charge in [-0.15, -0.1) is 5.10 Å². The van der Waals surface area contributed by atoms with Gasteiger partial charge in [-0.2, -0.15) is 4.68 Å². The number of Topliss-reactive ketones (excluding diaryl/α,β-unsaturated/α-hetero) is 1. The monoisotopic (exact) mass is 410 g/mol.